The predicted octanol–water partition coefficient (Wildman–Crippen LogP) is 0.949. The molecule has 2 atom stereocenters. The number of morpholine rings is 1. The van der Waals surface area contributed by atoms with E-state index in [9.17, 15) is 9.59 Å². The molecule has 15 heavy (non-hydrogen) atoms. The Bertz CT molecular complexity index is 305. The zero-order valence-corrected chi connectivity index (χ0v) is 9.45. The summed E-state index contributed by atoms with van der Waals surface area (Å²) in [6.07, 6.45) is 1.57. The molecule has 4 nitrogen and oxygen atoms in total. The van der Waals surface area contributed by atoms with Crippen LogP contribution in [0.25, 0.3) is 0 Å². The van der Waals surface area contributed by atoms with Crippen LogP contribution in [0.1, 0.15) is 33.6 Å². The third-order valence-corrected chi connectivity index (χ3v) is 3.00. The van der Waals surface area contributed by atoms with Crippen LogP contribution in [0.15, 0.2) is 0 Å². The van der Waals surface area contributed by atoms with Crippen LogP contribution in [0.2, 0.25) is 0 Å². The van der Waals surface area contributed by atoms with Crippen LogP contribution >= 0.6 is 0 Å². The lowest BCUT2D eigenvalue weighted by Crippen LogP contribution is -2.61. The first-order chi connectivity index (χ1) is 6.89. The molecule has 0 aromatic rings. The summed E-state index contributed by atoms with van der Waals surface area (Å²) in [5.74, 6) is -0.177. The first kappa shape index (κ1) is 10.5. The number of nitrogens with zero attached hydrogens (tertiary/aromatic N) is 1. The molecule has 0 aromatic heterocycles. The molecule has 4 heteroatoms. The van der Waals surface area contributed by atoms with E-state index in [-0.39, 0.29) is 24.0 Å². The Kier molecular flexibility index (Phi) is 2.24. The van der Waals surface area contributed by atoms with Crippen LogP contribution in [0, 0.1) is 5.41 Å². The van der Waals surface area contributed by atoms with Gasteiger partial charge in [0, 0.05) is 5.41 Å². The Morgan fingerprint density at radius 2 is 2.07 bits per heavy atom. The lowest BCUT2D eigenvalue weighted by Gasteiger charge is -2.45. The van der Waals surface area contributed by atoms with Crippen molar-refractivity contribution < 1.29 is 14.3 Å². The van der Waals surface area contributed by atoms with E-state index in [1.165, 1.54) is 0 Å². The maximum atomic E-state index is 12.1. The third kappa shape index (κ3) is 1.73. The summed E-state index contributed by atoms with van der Waals surface area (Å²) in [6, 6.07) is -0.332. The molecule has 2 bridgehead atoms. The molecule has 3 rings (SSSR count). The van der Waals surface area contributed by atoms with E-state index in [0.717, 1.165) is 12.8 Å². The van der Waals surface area contributed by atoms with Gasteiger partial charge in [-0.1, -0.05) is 20.8 Å². The second-order valence-corrected chi connectivity index (χ2v) is 5.36. The van der Waals surface area contributed by atoms with Gasteiger partial charge in [0.25, 0.3) is 0 Å². The molecule has 0 spiro atoms. The van der Waals surface area contributed by atoms with Crippen molar-refractivity contribution in [2.24, 2.45) is 5.41 Å². The molecule has 3 aliphatic heterocycles. The van der Waals surface area contributed by atoms with E-state index < -0.39 is 5.41 Å². The maximum Gasteiger partial charge on any atom is 0.329 e. The lowest BCUT2D eigenvalue weighted by atomic mass is 9.89. The van der Waals surface area contributed by atoms with Gasteiger partial charge in [-0.3, -0.25) is 4.79 Å². The average molecular weight is 211 g/mol. The number of piperidine rings is 1. The molecular weight excluding hydrogens is 194 g/mol. The minimum atomic E-state index is -0.419. The van der Waals surface area contributed by atoms with Crippen molar-refractivity contribution in [3.8, 4) is 0 Å². The molecule has 3 saturated heterocycles. The van der Waals surface area contributed by atoms with Gasteiger partial charge in [-0.2, -0.15) is 0 Å². The van der Waals surface area contributed by atoms with Crippen LogP contribution in [-0.2, 0) is 14.3 Å². The topological polar surface area (TPSA) is 46.6 Å². The highest BCUT2D eigenvalue weighted by Gasteiger charge is 2.45. The molecule has 3 aliphatic rings. The van der Waals surface area contributed by atoms with Crippen LogP contribution in [-0.4, -0.2) is 35.5 Å². The lowest BCUT2D eigenvalue weighted by molar-refractivity contribution is -0.183. The van der Waals surface area contributed by atoms with Gasteiger partial charge in [0.2, 0.25) is 5.91 Å². The van der Waals surface area contributed by atoms with Crippen molar-refractivity contribution in [3.63, 3.8) is 0 Å². The fraction of sp³-hybridized carbons (Fsp3) is 0.818. The van der Waals surface area contributed by atoms with Crippen molar-refractivity contribution in [2.75, 3.05) is 6.54 Å². The summed E-state index contributed by atoms with van der Waals surface area (Å²) in [7, 11) is 0. The minimum absolute atomic E-state index is 0.0499. The largest absolute Gasteiger partial charge is 0.459 e. The summed E-state index contributed by atoms with van der Waals surface area (Å²) < 4.78 is 5.15. The molecule has 0 aliphatic carbocycles. The summed E-state index contributed by atoms with van der Waals surface area (Å²) in [5, 5.41) is 0. The number of carbonyl (C=O) groups excluding carboxylic acids is 2. The number of carbonyl (C=O) groups is 2. The molecular formula is C11H17NO3. The molecule has 0 aromatic carbocycles. The van der Waals surface area contributed by atoms with Crippen molar-refractivity contribution in [1.82, 2.24) is 4.90 Å². The SMILES string of the molecule is CC(C)(C)C(=O)N1C[C@H]2CC[C@H]1C(=O)O2. The standard InChI is InChI=1S/C11H17NO3/c1-11(2,3)10(14)12-6-7-4-5-8(12)9(13)15-7/h7-8H,4-6H2,1-3H3/t7-,8+/m1/s1. The molecule has 0 radical (unpaired) electrons. The second kappa shape index (κ2) is 3.22. The van der Waals surface area contributed by atoms with E-state index in [4.69, 9.17) is 4.74 Å². The molecule has 3 fully saturated rings. The number of hydrogen-bond donors (Lipinski definition) is 0. The van der Waals surface area contributed by atoms with E-state index in [1.54, 1.807) is 4.90 Å². The summed E-state index contributed by atoms with van der Waals surface area (Å²) in [6.45, 7) is 6.21. The zero-order chi connectivity index (χ0) is 11.2. The van der Waals surface area contributed by atoms with Gasteiger partial charge in [0.15, 0.2) is 0 Å². The first-order valence-electron chi connectivity index (χ1n) is 5.41. The zero-order valence-electron chi connectivity index (χ0n) is 9.45. The average Bonchev–Trinajstić information content (AvgIpc) is 2.15. The van der Waals surface area contributed by atoms with Crippen LogP contribution < -0.4 is 0 Å². The number of ether oxygens (including phenoxy) is 1. The minimum Gasteiger partial charge on any atom is -0.459 e. The predicted molar refractivity (Wildman–Crippen MR) is 54.1 cm³/mol. The van der Waals surface area contributed by atoms with Crippen molar-refractivity contribution in [2.45, 2.75) is 45.8 Å². The summed E-state index contributed by atoms with van der Waals surface area (Å²) in [4.78, 5) is 25.2. The Morgan fingerprint density at radius 3 is 2.53 bits per heavy atom. The Morgan fingerprint density at radius 1 is 1.40 bits per heavy atom. The monoisotopic (exact) mass is 211 g/mol. The second-order valence-electron chi connectivity index (χ2n) is 5.36. The molecule has 0 N–H and O–H groups in total. The van der Waals surface area contributed by atoms with E-state index in [1.807, 2.05) is 20.8 Å². The molecule has 3 heterocycles. The fourth-order valence-corrected chi connectivity index (χ4v) is 2.18. The van der Waals surface area contributed by atoms with Gasteiger partial charge < -0.3 is 9.64 Å². The van der Waals surface area contributed by atoms with Crippen molar-refractivity contribution in [3.05, 3.63) is 0 Å². The summed E-state index contributed by atoms with van der Waals surface area (Å²) >= 11 is 0. The van der Waals surface area contributed by atoms with Gasteiger partial charge in [0.05, 0.1) is 6.54 Å². The fourth-order valence-electron chi connectivity index (χ4n) is 2.18. The van der Waals surface area contributed by atoms with Crippen molar-refractivity contribution >= 4 is 11.9 Å². The number of fused-ring (bicyclic) bond motifs is 3. The number of amides is 1. The highest BCUT2D eigenvalue weighted by atomic mass is 16.6. The highest BCUT2D eigenvalue weighted by molar-refractivity contribution is 5.88. The van der Waals surface area contributed by atoms with Gasteiger partial charge in [-0.15, -0.1) is 0 Å². The van der Waals surface area contributed by atoms with Gasteiger partial charge in [0.1, 0.15) is 12.1 Å². The Hall–Kier alpha value is -1.06. The smallest absolute Gasteiger partial charge is 0.329 e. The van der Waals surface area contributed by atoms with Gasteiger partial charge in [-0.25, -0.2) is 4.79 Å². The maximum absolute atomic E-state index is 12.1. The molecule has 84 valence electrons. The molecule has 0 unspecified atom stereocenters. The van der Waals surface area contributed by atoms with E-state index in [2.05, 4.69) is 0 Å². The molecule has 1 amide bonds. The molecule has 0 saturated carbocycles. The van der Waals surface area contributed by atoms with Gasteiger partial charge >= 0.3 is 5.97 Å². The highest BCUT2D eigenvalue weighted by Crippen LogP contribution is 2.30. The van der Waals surface area contributed by atoms with Crippen LogP contribution in [0.3, 0.4) is 0 Å². The van der Waals surface area contributed by atoms with Crippen LogP contribution in [0.4, 0.5) is 0 Å². The van der Waals surface area contributed by atoms with E-state index in [0.29, 0.717) is 6.54 Å². The number of hydrogen-bond acceptors (Lipinski definition) is 3. The van der Waals surface area contributed by atoms with Crippen molar-refractivity contribution in [1.29, 1.82) is 0 Å². The first-order valence-corrected chi connectivity index (χ1v) is 5.41. The van der Waals surface area contributed by atoms with Crippen LogP contribution in [0.5, 0.6) is 0 Å². The number of esters is 1. The normalized spacial score (nSPS) is 30.3. The Balaban J connectivity index is 2.18. The summed E-state index contributed by atoms with van der Waals surface area (Å²) in [5.41, 5.74) is -0.419. The van der Waals surface area contributed by atoms with E-state index >= 15 is 0 Å². The Labute approximate surface area is 89.6 Å². The quantitative estimate of drug-likeness (QED) is 0.560. The van der Waals surface area contributed by atoms with Gasteiger partial charge in [-0.05, 0) is 12.8 Å². The number of rotatable bonds is 0. The third-order valence-electron chi connectivity index (χ3n) is 3.00.